The maximum atomic E-state index is 11.9. The standard InChI is InChI=1S/C17H25N3O4S/c1-25(23,24)20-13-11-19(12-14-20)10-9-18-17(22)8-7-16(21)15-5-3-2-4-6-15/h2-6H,7-14H2,1H3,(H,18,22). The molecule has 25 heavy (non-hydrogen) atoms. The Kier molecular flexibility index (Phi) is 7.10. The first-order chi connectivity index (χ1) is 11.9. The first-order valence-corrected chi connectivity index (χ1v) is 10.2. The predicted octanol–water partition coefficient (Wildman–Crippen LogP) is 0.343. The normalized spacial score (nSPS) is 16.5. The number of nitrogens with one attached hydrogen (secondary N) is 1. The van der Waals surface area contributed by atoms with Crippen molar-refractivity contribution in [1.29, 1.82) is 0 Å². The molecule has 1 aliphatic heterocycles. The van der Waals surface area contributed by atoms with Gasteiger partial charge in [-0.3, -0.25) is 14.5 Å². The number of piperazine rings is 1. The van der Waals surface area contributed by atoms with E-state index in [0.29, 0.717) is 44.8 Å². The fourth-order valence-corrected chi connectivity index (χ4v) is 3.55. The quantitative estimate of drug-likeness (QED) is 0.670. The summed E-state index contributed by atoms with van der Waals surface area (Å²) in [5.74, 6) is -0.174. The summed E-state index contributed by atoms with van der Waals surface area (Å²) in [7, 11) is -3.12. The average Bonchev–Trinajstić information content (AvgIpc) is 2.60. The van der Waals surface area contributed by atoms with Gasteiger partial charge in [0.2, 0.25) is 15.9 Å². The molecule has 1 amide bonds. The molecule has 7 nitrogen and oxygen atoms in total. The lowest BCUT2D eigenvalue weighted by molar-refractivity contribution is -0.121. The van der Waals surface area contributed by atoms with Crippen molar-refractivity contribution in [2.45, 2.75) is 12.8 Å². The lowest BCUT2D eigenvalue weighted by atomic mass is 10.1. The Balaban J connectivity index is 1.61. The van der Waals surface area contributed by atoms with Gasteiger partial charge in [0.1, 0.15) is 0 Å². The molecular weight excluding hydrogens is 342 g/mol. The number of hydrogen-bond acceptors (Lipinski definition) is 5. The van der Waals surface area contributed by atoms with Crippen molar-refractivity contribution in [2.75, 3.05) is 45.5 Å². The molecule has 0 unspecified atom stereocenters. The van der Waals surface area contributed by atoms with Crippen LogP contribution in [0.3, 0.4) is 0 Å². The fourth-order valence-electron chi connectivity index (χ4n) is 2.72. The van der Waals surface area contributed by atoms with Crippen LogP contribution in [0.4, 0.5) is 0 Å². The van der Waals surface area contributed by atoms with E-state index in [4.69, 9.17) is 0 Å². The third-order valence-corrected chi connectivity index (χ3v) is 5.53. The summed E-state index contributed by atoms with van der Waals surface area (Å²) >= 11 is 0. The SMILES string of the molecule is CS(=O)(=O)N1CCN(CCNC(=O)CCC(=O)c2ccccc2)CC1. The monoisotopic (exact) mass is 367 g/mol. The zero-order chi connectivity index (χ0) is 18.3. The van der Waals surface area contributed by atoms with Crippen molar-refractivity contribution in [2.24, 2.45) is 0 Å². The van der Waals surface area contributed by atoms with Crippen molar-refractivity contribution >= 4 is 21.7 Å². The third-order valence-electron chi connectivity index (χ3n) is 4.23. The Morgan fingerprint density at radius 1 is 1.04 bits per heavy atom. The highest BCUT2D eigenvalue weighted by molar-refractivity contribution is 7.88. The van der Waals surface area contributed by atoms with Gasteiger partial charge < -0.3 is 5.32 Å². The smallest absolute Gasteiger partial charge is 0.220 e. The van der Waals surface area contributed by atoms with Crippen LogP contribution in [0.15, 0.2) is 30.3 Å². The van der Waals surface area contributed by atoms with E-state index in [9.17, 15) is 18.0 Å². The molecule has 0 radical (unpaired) electrons. The highest BCUT2D eigenvalue weighted by Gasteiger charge is 2.22. The number of ketones is 1. The molecule has 1 saturated heterocycles. The Hall–Kier alpha value is -1.77. The number of hydrogen-bond donors (Lipinski definition) is 1. The third kappa shape index (κ3) is 6.56. The molecule has 0 spiro atoms. The molecular formula is C17H25N3O4S. The predicted molar refractivity (Wildman–Crippen MR) is 95.9 cm³/mol. The lowest BCUT2D eigenvalue weighted by Crippen LogP contribution is -2.49. The first-order valence-electron chi connectivity index (χ1n) is 8.38. The van der Waals surface area contributed by atoms with Gasteiger partial charge in [-0.15, -0.1) is 0 Å². The molecule has 1 aromatic rings. The number of Topliss-reactive ketones (excluding diaryl/α,β-unsaturated/α-hetero) is 1. The summed E-state index contributed by atoms with van der Waals surface area (Å²) in [5, 5.41) is 2.81. The number of nitrogens with zero attached hydrogens (tertiary/aromatic N) is 2. The fraction of sp³-hybridized carbons (Fsp3) is 0.529. The van der Waals surface area contributed by atoms with Gasteiger partial charge in [0.05, 0.1) is 6.26 Å². The highest BCUT2D eigenvalue weighted by Crippen LogP contribution is 2.06. The van der Waals surface area contributed by atoms with E-state index >= 15 is 0 Å². The number of sulfonamides is 1. The van der Waals surface area contributed by atoms with Gasteiger partial charge in [0, 0.05) is 57.7 Å². The molecule has 1 aliphatic rings. The Bertz CT molecular complexity index is 683. The lowest BCUT2D eigenvalue weighted by Gasteiger charge is -2.33. The Morgan fingerprint density at radius 3 is 2.28 bits per heavy atom. The number of rotatable bonds is 8. The van der Waals surface area contributed by atoms with Crippen molar-refractivity contribution in [3.05, 3.63) is 35.9 Å². The molecule has 0 aliphatic carbocycles. The largest absolute Gasteiger partial charge is 0.355 e. The van der Waals surface area contributed by atoms with Crippen LogP contribution in [0, 0.1) is 0 Å². The number of amides is 1. The molecule has 1 heterocycles. The minimum atomic E-state index is -3.12. The van der Waals surface area contributed by atoms with Gasteiger partial charge in [-0.05, 0) is 0 Å². The maximum absolute atomic E-state index is 11.9. The minimum Gasteiger partial charge on any atom is -0.355 e. The van der Waals surface area contributed by atoms with Gasteiger partial charge in [-0.2, -0.15) is 4.31 Å². The molecule has 1 aromatic carbocycles. The van der Waals surface area contributed by atoms with Crippen LogP contribution >= 0.6 is 0 Å². The second-order valence-corrected chi connectivity index (χ2v) is 8.13. The van der Waals surface area contributed by atoms with Gasteiger partial charge in [-0.25, -0.2) is 8.42 Å². The average molecular weight is 367 g/mol. The van der Waals surface area contributed by atoms with E-state index in [2.05, 4.69) is 10.2 Å². The van der Waals surface area contributed by atoms with Gasteiger partial charge in [-0.1, -0.05) is 30.3 Å². The molecule has 0 atom stereocenters. The Morgan fingerprint density at radius 2 is 1.68 bits per heavy atom. The first kappa shape index (κ1) is 19.6. The van der Waals surface area contributed by atoms with Crippen molar-refractivity contribution in [3.63, 3.8) is 0 Å². The minimum absolute atomic E-state index is 0.0346. The molecule has 138 valence electrons. The van der Waals surface area contributed by atoms with Crippen LogP contribution in [-0.2, 0) is 14.8 Å². The van der Waals surface area contributed by atoms with Crippen LogP contribution in [-0.4, -0.2) is 74.8 Å². The van der Waals surface area contributed by atoms with E-state index in [1.54, 1.807) is 24.3 Å². The summed E-state index contributed by atoms with van der Waals surface area (Å²) in [6, 6.07) is 8.94. The van der Waals surface area contributed by atoms with Gasteiger partial charge >= 0.3 is 0 Å². The number of carbonyl (C=O) groups is 2. The molecule has 8 heteroatoms. The summed E-state index contributed by atoms with van der Waals surface area (Å²) in [6.07, 6.45) is 1.60. The van der Waals surface area contributed by atoms with E-state index in [-0.39, 0.29) is 24.5 Å². The number of benzene rings is 1. The molecule has 0 bridgehead atoms. The summed E-state index contributed by atoms with van der Waals surface area (Å²) < 4.78 is 24.4. The zero-order valence-electron chi connectivity index (χ0n) is 14.5. The summed E-state index contributed by atoms with van der Waals surface area (Å²) in [4.78, 5) is 25.9. The molecule has 0 saturated carbocycles. The zero-order valence-corrected chi connectivity index (χ0v) is 15.3. The molecule has 0 aromatic heterocycles. The molecule has 1 fully saturated rings. The van der Waals surface area contributed by atoms with Crippen LogP contribution in [0.2, 0.25) is 0 Å². The second-order valence-electron chi connectivity index (χ2n) is 6.14. The van der Waals surface area contributed by atoms with Crippen LogP contribution < -0.4 is 5.32 Å². The van der Waals surface area contributed by atoms with Crippen molar-refractivity contribution in [3.8, 4) is 0 Å². The number of carbonyl (C=O) groups excluding carboxylic acids is 2. The molecule has 2 rings (SSSR count). The maximum Gasteiger partial charge on any atom is 0.220 e. The van der Waals surface area contributed by atoms with Crippen LogP contribution in [0.5, 0.6) is 0 Å². The summed E-state index contributed by atoms with van der Waals surface area (Å²) in [6.45, 7) is 3.47. The Labute approximate surface area is 149 Å². The van der Waals surface area contributed by atoms with E-state index < -0.39 is 10.0 Å². The summed E-state index contributed by atoms with van der Waals surface area (Å²) in [5.41, 5.74) is 0.624. The van der Waals surface area contributed by atoms with Gasteiger partial charge in [0.15, 0.2) is 5.78 Å². The van der Waals surface area contributed by atoms with Crippen LogP contribution in [0.1, 0.15) is 23.2 Å². The van der Waals surface area contributed by atoms with E-state index in [1.165, 1.54) is 10.6 Å². The van der Waals surface area contributed by atoms with Crippen LogP contribution in [0.25, 0.3) is 0 Å². The van der Waals surface area contributed by atoms with Gasteiger partial charge in [0.25, 0.3) is 0 Å². The second kappa shape index (κ2) is 9.07. The topological polar surface area (TPSA) is 86.8 Å². The molecule has 1 N–H and O–H groups in total. The highest BCUT2D eigenvalue weighted by atomic mass is 32.2. The van der Waals surface area contributed by atoms with Crippen molar-refractivity contribution in [1.82, 2.24) is 14.5 Å². The van der Waals surface area contributed by atoms with Crippen molar-refractivity contribution < 1.29 is 18.0 Å². The van der Waals surface area contributed by atoms with E-state index in [1.807, 2.05) is 6.07 Å². The van der Waals surface area contributed by atoms with E-state index in [0.717, 1.165) is 0 Å².